The third-order valence-electron chi connectivity index (χ3n) is 4.28. The first kappa shape index (κ1) is 26.0. The van der Waals surface area contributed by atoms with Gasteiger partial charge < -0.3 is 25.5 Å². The number of aliphatic carboxylic acids is 1. The Morgan fingerprint density at radius 3 is 2.19 bits per heavy atom. The largest absolute Gasteiger partial charge is 0.490 e. The SMILES string of the molecule is CNC(=O)c1cc2c(nc1N(C)C)CCN(C(=O)NC(C)C)CC2.O=C(O)C(F)(F)F. The van der Waals surface area contributed by atoms with Crippen LogP contribution in [-0.4, -0.2) is 79.3 Å². The first-order chi connectivity index (χ1) is 14.3. The Morgan fingerprint density at radius 2 is 1.74 bits per heavy atom. The number of carboxylic acids is 1. The van der Waals surface area contributed by atoms with Crippen molar-refractivity contribution in [2.75, 3.05) is 39.1 Å². The van der Waals surface area contributed by atoms with E-state index in [1.807, 2.05) is 43.8 Å². The lowest BCUT2D eigenvalue weighted by Crippen LogP contribution is -2.44. The van der Waals surface area contributed by atoms with E-state index in [-0.39, 0.29) is 18.0 Å². The number of carboxylic acid groups (broad SMARTS) is 1. The van der Waals surface area contributed by atoms with Gasteiger partial charge in [-0.15, -0.1) is 0 Å². The Hall–Kier alpha value is -3.05. The molecule has 12 heteroatoms. The zero-order valence-corrected chi connectivity index (χ0v) is 18.1. The number of rotatable bonds is 3. The lowest BCUT2D eigenvalue weighted by atomic mass is 10.0. The number of alkyl halides is 3. The lowest BCUT2D eigenvalue weighted by Gasteiger charge is -2.22. The van der Waals surface area contributed by atoms with Crippen molar-refractivity contribution in [3.8, 4) is 0 Å². The number of anilines is 1. The van der Waals surface area contributed by atoms with Gasteiger partial charge in [0.2, 0.25) is 0 Å². The highest BCUT2D eigenvalue weighted by Gasteiger charge is 2.38. The maximum absolute atomic E-state index is 12.2. The zero-order chi connectivity index (χ0) is 23.9. The Kier molecular flexibility index (Phi) is 9.07. The monoisotopic (exact) mass is 447 g/mol. The van der Waals surface area contributed by atoms with Gasteiger partial charge in [-0.3, -0.25) is 4.79 Å². The molecule has 0 bridgehead atoms. The van der Waals surface area contributed by atoms with Crippen molar-refractivity contribution < 1.29 is 32.7 Å². The molecule has 0 unspecified atom stereocenters. The van der Waals surface area contributed by atoms with E-state index in [1.54, 1.807) is 7.05 Å². The number of nitrogens with one attached hydrogen (secondary N) is 2. The number of fused-ring (bicyclic) bond motifs is 1. The molecule has 2 rings (SSSR count). The number of nitrogens with zero attached hydrogens (tertiary/aromatic N) is 3. The predicted molar refractivity (Wildman–Crippen MR) is 108 cm³/mol. The Labute approximate surface area is 178 Å². The summed E-state index contributed by atoms with van der Waals surface area (Å²) in [7, 11) is 5.37. The summed E-state index contributed by atoms with van der Waals surface area (Å²) in [6, 6.07) is 1.99. The zero-order valence-electron chi connectivity index (χ0n) is 18.1. The summed E-state index contributed by atoms with van der Waals surface area (Å²) in [5.41, 5.74) is 2.58. The van der Waals surface area contributed by atoms with E-state index in [2.05, 4.69) is 10.6 Å². The van der Waals surface area contributed by atoms with E-state index in [1.165, 1.54) is 0 Å². The fraction of sp³-hybridized carbons (Fsp3) is 0.579. The van der Waals surface area contributed by atoms with E-state index in [9.17, 15) is 22.8 Å². The van der Waals surface area contributed by atoms with Crippen molar-refractivity contribution in [3.63, 3.8) is 0 Å². The molecule has 174 valence electrons. The number of urea groups is 1. The summed E-state index contributed by atoms with van der Waals surface area (Å²) >= 11 is 0. The highest BCUT2D eigenvalue weighted by atomic mass is 19.4. The second-order valence-corrected chi connectivity index (χ2v) is 7.33. The quantitative estimate of drug-likeness (QED) is 0.649. The van der Waals surface area contributed by atoms with Crippen LogP contribution in [0.15, 0.2) is 6.07 Å². The Bertz CT molecular complexity index is 812. The number of carbonyl (C=O) groups is 3. The van der Waals surface area contributed by atoms with E-state index in [0.29, 0.717) is 37.3 Å². The third kappa shape index (κ3) is 7.61. The van der Waals surface area contributed by atoms with Crippen molar-refractivity contribution in [2.24, 2.45) is 0 Å². The van der Waals surface area contributed by atoms with Gasteiger partial charge in [-0.05, 0) is 31.9 Å². The second-order valence-electron chi connectivity index (χ2n) is 7.33. The van der Waals surface area contributed by atoms with E-state index in [4.69, 9.17) is 14.9 Å². The van der Waals surface area contributed by atoms with Crippen molar-refractivity contribution in [1.29, 1.82) is 0 Å². The number of hydrogen-bond donors (Lipinski definition) is 3. The van der Waals surface area contributed by atoms with Crippen molar-refractivity contribution >= 4 is 23.7 Å². The number of amides is 3. The van der Waals surface area contributed by atoms with E-state index in [0.717, 1.165) is 11.3 Å². The van der Waals surface area contributed by atoms with Gasteiger partial charge in [0.25, 0.3) is 5.91 Å². The van der Waals surface area contributed by atoms with Crippen LogP contribution in [-0.2, 0) is 17.6 Å². The molecular weight excluding hydrogens is 419 g/mol. The molecule has 31 heavy (non-hydrogen) atoms. The molecule has 1 aromatic rings. The van der Waals surface area contributed by atoms with Crippen LogP contribution in [0.2, 0.25) is 0 Å². The molecule has 3 amide bonds. The molecule has 0 saturated heterocycles. The number of hydrogen-bond acceptors (Lipinski definition) is 5. The van der Waals surface area contributed by atoms with Crippen LogP contribution in [0.1, 0.15) is 35.5 Å². The molecule has 0 aromatic carbocycles. The van der Waals surface area contributed by atoms with Crippen molar-refractivity contribution in [3.05, 3.63) is 22.9 Å². The summed E-state index contributed by atoms with van der Waals surface area (Å²) in [5, 5.41) is 12.7. The molecule has 0 aliphatic carbocycles. The fourth-order valence-electron chi connectivity index (χ4n) is 2.81. The molecular formula is C19H28F3N5O4. The van der Waals surface area contributed by atoms with Gasteiger partial charge in [-0.1, -0.05) is 0 Å². The van der Waals surface area contributed by atoms with Crippen LogP contribution in [0.3, 0.4) is 0 Å². The molecule has 1 aromatic heterocycles. The van der Waals surface area contributed by atoms with Crippen LogP contribution < -0.4 is 15.5 Å². The van der Waals surface area contributed by atoms with Crippen LogP contribution in [0.4, 0.5) is 23.8 Å². The van der Waals surface area contributed by atoms with E-state index < -0.39 is 12.1 Å². The molecule has 1 aliphatic rings. The van der Waals surface area contributed by atoms with Crippen LogP contribution >= 0.6 is 0 Å². The second kappa shape index (κ2) is 10.8. The minimum Gasteiger partial charge on any atom is -0.475 e. The third-order valence-corrected chi connectivity index (χ3v) is 4.28. The van der Waals surface area contributed by atoms with Gasteiger partial charge >= 0.3 is 18.2 Å². The predicted octanol–water partition coefficient (Wildman–Crippen LogP) is 1.66. The minimum atomic E-state index is -5.08. The molecule has 0 atom stereocenters. The molecule has 1 aliphatic heterocycles. The molecule has 0 fully saturated rings. The number of carbonyl (C=O) groups excluding carboxylic acids is 2. The van der Waals surface area contributed by atoms with Gasteiger partial charge in [0.15, 0.2) is 0 Å². The van der Waals surface area contributed by atoms with Crippen molar-refractivity contribution in [2.45, 2.75) is 38.9 Å². The molecule has 0 radical (unpaired) electrons. The Morgan fingerprint density at radius 1 is 1.19 bits per heavy atom. The number of halogens is 3. The fourth-order valence-corrected chi connectivity index (χ4v) is 2.81. The number of aromatic nitrogens is 1. The van der Waals surface area contributed by atoms with Gasteiger partial charge in [-0.25, -0.2) is 14.6 Å². The lowest BCUT2D eigenvalue weighted by molar-refractivity contribution is -0.192. The maximum atomic E-state index is 12.2. The smallest absolute Gasteiger partial charge is 0.475 e. The Balaban J connectivity index is 0.000000592. The summed E-state index contributed by atoms with van der Waals surface area (Å²) in [6.07, 6.45) is -3.69. The standard InChI is InChI=1S/C17H27N5O2.C2HF3O2/c1-11(2)19-17(24)22-8-6-12-10-13(16(23)18-3)15(21(4)5)20-14(12)7-9-22;3-2(4,5)1(6)7/h10-11H,6-9H2,1-5H3,(H,18,23)(H,19,24);(H,6,7). The first-order valence-corrected chi connectivity index (χ1v) is 9.55. The van der Waals surface area contributed by atoms with E-state index >= 15 is 0 Å². The maximum Gasteiger partial charge on any atom is 0.490 e. The average Bonchev–Trinajstić information content (AvgIpc) is 2.87. The molecule has 9 nitrogen and oxygen atoms in total. The van der Waals surface area contributed by atoms with Crippen LogP contribution in [0.5, 0.6) is 0 Å². The average molecular weight is 447 g/mol. The summed E-state index contributed by atoms with van der Waals surface area (Å²) in [5.74, 6) is -2.24. The van der Waals surface area contributed by atoms with Crippen molar-refractivity contribution in [1.82, 2.24) is 20.5 Å². The van der Waals surface area contributed by atoms with Gasteiger partial charge in [-0.2, -0.15) is 13.2 Å². The first-order valence-electron chi connectivity index (χ1n) is 9.55. The van der Waals surface area contributed by atoms with Gasteiger partial charge in [0.05, 0.1) is 5.56 Å². The minimum absolute atomic E-state index is 0.0443. The molecule has 0 spiro atoms. The summed E-state index contributed by atoms with van der Waals surface area (Å²) in [4.78, 5) is 41.6. The number of pyridine rings is 1. The normalized spacial score (nSPS) is 13.4. The molecule has 3 N–H and O–H groups in total. The molecule has 0 saturated carbocycles. The highest BCUT2D eigenvalue weighted by molar-refractivity contribution is 5.99. The van der Waals surface area contributed by atoms with Gasteiger partial charge in [0.1, 0.15) is 5.82 Å². The summed E-state index contributed by atoms with van der Waals surface area (Å²) < 4.78 is 31.7. The topological polar surface area (TPSA) is 115 Å². The summed E-state index contributed by atoms with van der Waals surface area (Å²) in [6.45, 7) is 5.16. The highest BCUT2D eigenvalue weighted by Crippen LogP contribution is 2.23. The molecule has 2 heterocycles. The van der Waals surface area contributed by atoms with Gasteiger partial charge in [0, 0.05) is 52.4 Å². The van der Waals surface area contributed by atoms with Crippen LogP contribution in [0, 0.1) is 0 Å². The van der Waals surface area contributed by atoms with Crippen LogP contribution in [0.25, 0.3) is 0 Å².